The number of benzene rings is 1. The highest BCUT2D eigenvalue weighted by Gasteiger charge is 2.05. The van der Waals surface area contributed by atoms with Gasteiger partial charge in [0.25, 0.3) is 5.69 Å². The monoisotopic (exact) mass is 234 g/mol. The van der Waals surface area contributed by atoms with Crippen molar-refractivity contribution in [3.63, 3.8) is 0 Å². The Morgan fingerprint density at radius 3 is 2.65 bits per heavy atom. The van der Waals surface area contributed by atoms with Gasteiger partial charge in [-0.15, -0.1) is 0 Å². The Kier molecular flexibility index (Phi) is 3.04. The van der Waals surface area contributed by atoms with Crippen LogP contribution in [0.2, 0.25) is 0 Å². The van der Waals surface area contributed by atoms with Crippen LogP contribution in [0.1, 0.15) is 11.5 Å². The number of non-ortho nitro benzene ring substituents is 1. The predicted octanol–water partition coefficient (Wildman–Crippen LogP) is 2.47. The normalized spacial score (nSPS) is 10.2. The van der Waals surface area contributed by atoms with E-state index in [0.29, 0.717) is 11.5 Å². The smallest absolute Gasteiger partial charge is 0.269 e. The van der Waals surface area contributed by atoms with Crippen LogP contribution in [0.4, 0.5) is 5.69 Å². The van der Waals surface area contributed by atoms with E-state index in [4.69, 9.17) is 9.26 Å². The van der Waals surface area contributed by atoms with Crippen LogP contribution in [-0.4, -0.2) is 10.1 Å². The lowest BCUT2D eigenvalue weighted by Gasteiger charge is -2.02. The van der Waals surface area contributed by atoms with Crippen molar-refractivity contribution in [2.24, 2.45) is 0 Å². The number of aryl methyl sites for hydroxylation is 1. The van der Waals surface area contributed by atoms with E-state index in [-0.39, 0.29) is 12.3 Å². The lowest BCUT2D eigenvalue weighted by molar-refractivity contribution is -0.384. The Balaban J connectivity index is 1.97. The Bertz CT molecular complexity index is 519. The number of nitro benzene ring substituents is 1. The number of nitrogens with zero attached hydrogens (tertiary/aromatic N) is 2. The Morgan fingerprint density at radius 1 is 1.41 bits per heavy atom. The van der Waals surface area contributed by atoms with Crippen molar-refractivity contribution in [2.45, 2.75) is 13.5 Å². The van der Waals surface area contributed by atoms with Crippen LogP contribution in [-0.2, 0) is 6.61 Å². The molecule has 0 aliphatic heterocycles. The van der Waals surface area contributed by atoms with E-state index in [1.165, 1.54) is 12.1 Å². The van der Waals surface area contributed by atoms with Gasteiger partial charge < -0.3 is 9.26 Å². The summed E-state index contributed by atoms with van der Waals surface area (Å²) in [5, 5.41) is 14.2. The quantitative estimate of drug-likeness (QED) is 0.599. The van der Waals surface area contributed by atoms with Crippen LogP contribution < -0.4 is 4.74 Å². The first-order chi connectivity index (χ1) is 8.15. The molecule has 0 unspecified atom stereocenters. The van der Waals surface area contributed by atoms with E-state index in [1.807, 2.05) is 6.92 Å². The first kappa shape index (κ1) is 11.1. The molecule has 0 aliphatic rings. The zero-order chi connectivity index (χ0) is 12.3. The van der Waals surface area contributed by atoms with Crippen LogP contribution in [0.5, 0.6) is 5.75 Å². The van der Waals surface area contributed by atoms with Gasteiger partial charge in [0.2, 0.25) is 0 Å². The molecule has 17 heavy (non-hydrogen) atoms. The first-order valence-corrected chi connectivity index (χ1v) is 4.94. The van der Waals surface area contributed by atoms with E-state index in [2.05, 4.69) is 5.16 Å². The van der Waals surface area contributed by atoms with Gasteiger partial charge in [0, 0.05) is 18.2 Å². The third kappa shape index (κ3) is 2.81. The molecule has 1 heterocycles. The Hall–Kier alpha value is -2.37. The number of hydrogen-bond acceptors (Lipinski definition) is 5. The highest BCUT2D eigenvalue weighted by atomic mass is 16.6. The number of ether oxygens (including phenoxy) is 1. The van der Waals surface area contributed by atoms with Gasteiger partial charge >= 0.3 is 0 Å². The van der Waals surface area contributed by atoms with E-state index in [9.17, 15) is 10.1 Å². The standard InChI is InChI=1S/C11H10N2O4/c1-8-6-11(17-12-8)7-16-10-4-2-9(3-5-10)13(14)15/h2-6H,7H2,1H3. The highest BCUT2D eigenvalue weighted by Crippen LogP contribution is 2.18. The average Bonchev–Trinajstić information content (AvgIpc) is 2.73. The summed E-state index contributed by atoms with van der Waals surface area (Å²) in [5.74, 6) is 1.16. The first-order valence-electron chi connectivity index (χ1n) is 4.94. The van der Waals surface area contributed by atoms with Crippen LogP contribution >= 0.6 is 0 Å². The van der Waals surface area contributed by atoms with Gasteiger partial charge in [-0.2, -0.15) is 0 Å². The molecule has 1 aromatic heterocycles. The fraction of sp³-hybridized carbons (Fsp3) is 0.182. The SMILES string of the molecule is Cc1cc(COc2ccc([N+](=O)[O-])cc2)on1. The maximum Gasteiger partial charge on any atom is 0.269 e. The Morgan fingerprint density at radius 2 is 2.12 bits per heavy atom. The van der Waals surface area contributed by atoms with Crippen molar-refractivity contribution >= 4 is 5.69 Å². The molecule has 0 radical (unpaired) electrons. The minimum Gasteiger partial charge on any atom is -0.486 e. The Labute approximate surface area is 97.0 Å². The molecule has 0 N–H and O–H groups in total. The van der Waals surface area contributed by atoms with Crippen LogP contribution in [0.25, 0.3) is 0 Å². The minimum atomic E-state index is -0.455. The van der Waals surface area contributed by atoms with Gasteiger partial charge in [-0.25, -0.2) is 0 Å². The minimum absolute atomic E-state index is 0.0351. The third-order valence-corrected chi connectivity index (χ3v) is 2.11. The molecule has 88 valence electrons. The van der Waals surface area contributed by atoms with Crippen molar-refractivity contribution in [1.82, 2.24) is 5.16 Å². The summed E-state index contributed by atoms with van der Waals surface area (Å²) in [7, 11) is 0. The second-order valence-corrected chi connectivity index (χ2v) is 3.47. The van der Waals surface area contributed by atoms with Crippen molar-refractivity contribution in [3.05, 3.63) is 51.9 Å². The molecular formula is C11H10N2O4. The molecule has 0 saturated heterocycles. The van der Waals surface area contributed by atoms with Crippen LogP contribution in [0.3, 0.4) is 0 Å². The summed E-state index contributed by atoms with van der Waals surface area (Å²) >= 11 is 0. The lowest BCUT2D eigenvalue weighted by atomic mass is 10.3. The second-order valence-electron chi connectivity index (χ2n) is 3.47. The van der Waals surface area contributed by atoms with Crippen LogP contribution in [0, 0.1) is 17.0 Å². The van der Waals surface area contributed by atoms with Gasteiger partial charge in [-0.05, 0) is 19.1 Å². The third-order valence-electron chi connectivity index (χ3n) is 2.11. The summed E-state index contributed by atoms with van der Waals surface area (Å²) in [6.07, 6.45) is 0. The summed E-state index contributed by atoms with van der Waals surface area (Å²) in [5.41, 5.74) is 0.820. The van der Waals surface area contributed by atoms with Crippen LogP contribution in [0.15, 0.2) is 34.9 Å². The highest BCUT2D eigenvalue weighted by molar-refractivity contribution is 5.35. The molecule has 2 aromatic rings. The summed E-state index contributed by atoms with van der Waals surface area (Å²) in [4.78, 5) is 9.98. The molecule has 1 aromatic carbocycles. The zero-order valence-corrected chi connectivity index (χ0v) is 9.12. The summed E-state index contributed by atoms with van der Waals surface area (Å²) in [6, 6.07) is 7.63. The van der Waals surface area contributed by atoms with E-state index >= 15 is 0 Å². The number of hydrogen-bond donors (Lipinski definition) is 0. The topological polar surface area (TPSA) is 78.4 Å². The predicted molar refractivity (Wildman–Crippen MR) is 58.7 cm³/mol. The maximum absolute atomic E-state index is 10.4. The molecular weight excluding hydrogens is 224 g/mol. The molecule has 0 spiro atoms. The zero-order valence-electron chi connectivity index (χ0n) is 9.12. The molecule has 6 nitrogen and oxygen atoms in total. The number of aromatic nitrogens is 1. The fourth-order valence-electron chi connectivity index (χ4n) is 1.30. The second kappa shape index (κ2) is 4.65. The van der Waals surface area contributed by atoms with E-state index in [0.717, 1.165) is 5.69 Å². The largest absolute Gasteiger partial charge is 0.486 e. The van der Waals surface area contributed by atoms with E-state index in [1.54, 1.807) is 18.2 Å². The summed E-state index contributed by atoms with van der Waals surface area (Å²) < 4.78 is 10.3. The summed E-state index contributed by atoms with van der Waals surface area (Å²) in [6.45, 7) is 2.07. The average molecular weight is 234 g/mol. The lowest BCUT2D eigenvalue weighted by Crippen LogP contribution is -1.94. The maximum atomic E-state index is 10.4. The van der Waals surface area contributed by atoms with Crippen molar-refractivity contribution in [3.8, 4) is 5.75 Å². The molecule has 0 saturated carbocycles. The molecule has 0 amide bonds. The van der Waals surface area contributed by atoms with E-state index < -0.39 is 4.92 Å². The molecule has 0 fully saturated rings. The van der Waals surface area contributed by atoms with Gasteiger partial charge in [-0.3, -0.25) is 10.1 Å². The fourth-order valence-corrected chi connectivity index (χ4v) is 1.30. The van der Waals surface area contributed by atoms with Crippen molar-refractivity contribution < 1.29 is 14.2 Å². The van der Waals surface area contributed by atoms with Crippen molar-refractivity contribution in [1.29, 1.82) is 0 Å². The molecule has 6 heteroatoms. The van der Waals surface area contributed by atoms with Crippen molar-refractivity contribution in [2.75, 3.05) is 0 Å². The van der Waals surface area contributed by atoms with Gasteiger partial charge in [0.1, 0.15) is 12.4 Å². The number of nitro groups is 1. The van der Waals surface area contributed by atoms with Gasteiger partial charge in [0.05, 0.1) is 10.6 Å². The molecule has 0 bridgehead atoms. The van der Waals surface area contributed by atoms with Gasteiger partial charge in [0.15, 0.2) is 5.76 Å². The number of rotatable bonds is 4. The molecule has 2 rings (SSSR count). The van der Waals surface area contributed by atoms with Gasteiger partial charge in [-0.1, -0.05) is 5.16 Å². The molecule has 0 aliphatic carbocycles. The molecule has 0 atom stereocenters.